The van der Waals surface area contributed by atoms with Crippen LogP contribution in [-0.4, -0.2) is 12.7 Å². The highest BCUT2D eigenvalue weighted by Gasteiger charge is 2.38. The first-order valence-electron chi connectivity index (χ1n) is 4.27. The average Bonchev–Trinajstić information content (AvgIpc) is 1.94. The zero-order chi connectivity index (χ0) is 9.35. The normalized spacial score (nSPS) is 35.4. The monoisotopic (exact) mass is 192 g/mol. The van der Waals surface area contributed by atoms with E-state index in [1.54, 1.807) is 0 Å². The van der Waals surface area contributed by atoms with E-state index in [1.165, 1.54) is 0 Å². The molecule has 3 nitrogen and oxygen atoms in total. The van der Waals surface area contributed by atoms with E-state index in [1.807, 2.05) is 0 Å². The Morgan fingerprint density at radius 2 is 2.08 bits per heavy atom. The maximum Gasteiger partial charge on any atom is 0.319 e. The molecule has 0 N–H and O–H groups in total. The van der Waals surface area contributed by atoms with Crippen molar-refractivity contribution in [3.63, 3.8) is 0 Å². The van der Waals surface area contributed by atoms with Crippen LogP contribution in [0.5, 0.6) is 0 Å². The molecule has 0 radical (unpaired) electrons. The second kappa shape index (κ2) is 3.49. The summed E-state index contributed by atoms with van der Waals surface area (Å²) in [7, 11) is -2.21. The van der Waals surface area contributed by atoms with Crippen LogP contribution >= 0.6 is 8.25 Å². The Bertz CT molecular complexity index is 189. The van der Waals surface area contributed by atoms with Gasteiger partial charge in [0.25, 0.3) is 0 Å². The Labute approximate surface area is 74.4 Å². The van der Waals surface area contributed by atoms with Crippen LogP contribution in [-0.2, 0) is 13.6 Å². The summed E-state index contributed by atoms with van der Waals surface area (Å²) in [5.74, 6) is 0.387. The molecule has 1 rings (SSSR count). The molecule has 12 heavy (non-hydrogen) atoms. The molecular formula is C8H17O3P. The number of rotatable bonds is 1. The summed E-state index contributed by atoms with van der Waals surface area (Å²) in [4.78, 5) is 0. The largest absolute Gasteiger partial charge is 0.319 e. The van der Waals surface area contributed by atoms with Crippen molar-refractivity contribution in [2.24, 2.45) is 11.3 Å². The van der Waals surface area contributed by atoms with E-state index in [-0.39, 0.29) is 11.5 Å². The maximum atomic E-state index is 11.0. The molecule has 0 saturated carbocycles. The Balaban J connectivity index is 2.72. The lowest BCUT2D eigenvalue weighted by atomic mass is 9.81. The molecule has 1 heterocycles. The van der Waals surface area contributed by atoms with Gasteiger partial charge in [-0.05, 0) is 5.92 Å². The first kappa shape index (κ1) is 10.2. The number of hydrogen-bond donors (Lipinski definition) is 0. The standard InChI is InChI=1S/C8H17O3P/c1-6(2)7-8(3,4)5-10-12(9)11-7/h6-7,12H,5H2,1-4H3. The van der Waals surface area contributed by atoms with Gasteiger partial charge in [-0.15, -0.1) is 0 Å². The summed E-state index contributed by atoms with van der Waals surface area (Å²) >= 11 is 0. The van der Waals surface area contributed by atoms with Gasteiger partial charge in [-0.25, -0.2) is 0 Å². The van der Waals surface area contributed by atoms with Crippen LogP contribution in [0.1, 0.15) is 27.7 Å². The first-order chi connectivity index (χ1) is 5.43. The highest BCUT2D eigenvalue weighted by molar-refractivity contribution is 7.33. The fourth-order valence-electron chi connectivity index (χ4n) is 1.66. The van der Waals surface area contributed by atoms with Gasteiger partial charge >= 0.3 is 8.25 Å². The van der Waals surface area contributed by atoms with E-state index >= 15 is 0 Å². The highest BCUT2D eigenvalue weighted by Crippen LogP contribution is 2.43. The van der Waals surface area contributed by atoms with Gasteiger partial charge in [0.1, 0.15) is 0 Å². The minimum absolute atomic E-state index is 0.0211. The topological polar surface area (TPSA) is 35.5 Å². The smallest absolute Gasteiger partial charge is 0.310 e. The molecular weight excluding hydrogens is 175 g/mol. The van der Waals surface area contributed by atoms with Gasteiger partial charge in [0.2, 0.25) is 0 Å². The van der Waals surface area contributed by atoms with Crippen LogP contribution in [0.15, 0.2) is 0 Å². The second-order valence-electron chi connectivity index (χ2n) is 4.31. The third-order valence-corrected chi connectivity index (χ3v) is 2.99. The predicted molar refractivity (Wildman–Crippen MR) is 48.4 cm³/mol. The fraction of sp³-hybridized carbons (Fsp3) is 1.00. The zero-order valence-corrected chi connectivity index (χ0v) is 9.09. The molecule has 1 aliphatic heterocycles. The molecule has 4 heteroatoms. The van der Waals surface area contributed by atoms with Gasteiger partial charge in [0, 0.05) is 5.41 Å². The summed E-state index contributed by atoms with van der Waals surface area (Å²) in [6.45, 7) is 8.84. The lowest BCUT2D eigenvalue weighted by molar-refractivity contribution is -0.0388. The molecule has 0 aromatic heterocycles. The molecule has 0 aliphatic carbocycles. The van der Waals surface area contributed by atoms with Crippen molar-refractivity contribution in [2.75, 3.05) is 6.61 Å². The predicted octanol–water partition coefficient (Wildman–Crippen LogP) is 2.47. The van der Waals surface area contributed by atoms with Crippen LogP contribution in [0, 0.1) is 11.3 Å². The van der Waals surface area contributed by atoms with Crippen molar-refractivity contribution in [1.29, 1.82) is 0 Å². The molecule has 1 aliphatic rings. The first-order valence-corrected chi connectivity index (χ1v) is 5.49. The molecule has 0 amide bonds. The quantitative estimate of drug-likeness (QED) is 0.599. The van der Waals surface area contributed by atoms with Gasteiger partial charge in [-0.1, -0.05) is 27.7 Å². The lowest BCUT2D eigenvalue weighted by Gasteiger charge is -2.39. The lowest BCUT2D eigenvalue weighted by Crippen LogP contribution is -2.40. The van der Waals surface area contributed by atoms with Crippen molar-refractivity contribution in [1.82, 2.24) is 0 Å². The van der Waals surface area contributed by atoms with Crippen LogP contribution in [0.4, 0.5) is 0 Å². The third kappa shape index (κ3) is 2.09. The Morgan fingerprint density at radius 1 is 1.50 bits per heavy atom. The average molecular weight is 192 g/mol. The molecule has 2 atom stereocenters. The zero-order valence-electron chi connectivity index (χ0n) is 8.09. The molecule has 0 bridgehead atoms. The summed E-state index contributed by atoms with van der Waals surface area (Å²) in [5, 5.41) is 0. The third-order valence-electron chi connectivity index (χ3n) is 2.16. The van der Waals surface area contributed by atoms with Gasteiger partial charge in [-0.3, -0.25) is 4.57 Å². The highest BCUT2D eigenvalue weighted by atomic mass is 31.1. The van der Waals surface area contributed by atoms with Crippen LogP contribution in [0.2, 0.25) is 0 Å². The van der Waals surface area contributed by atoms with E-state index in [0.717, 1.165) is 0 Å². The molecule has 0 spiro atoms. The summed E-state index contributed by atoms with van der Waals surface area (Å²) in [5.41, 5.74) is -0.0211. The Hall–Kier alpha value is 0.150. The van der Waals surface area contributed by atoms with Gasteiger partial charge in [0.15, 0.2) is 0 Å². The minimum atomic E-state index is -2.21. The van der Waals surface area contributed by atoms with Crippen molar-refractivity contribution >= 4 is 8.25 Å². The van der Waals surface area contributed by atoms with Crippen molar-refractivity contribution in [3.8, 4) is 0 Å². The van der Waals surface area contributed by atoms with E-state index in [9.17, 15) is 4.57 Å². The second-order valence-corrected chi connectivity index (χ2v) is 5.33. The fourth-order valence-corrected chi connectivity index (χ4v) is 3.02. The summed E-state index contributed by atoms with van der Waals surface area (Å²) in [6.07, 6.45) is 0.0534. The Kier molecular flexibility index (Phi) is 2.97. The van der Waals surface area contributed by atoms with E-state index in [0.29, 0.717) is 12.5 Å². The van der Waals surface area contributed by atoms with E-state index in [2.05, 4.69) is 27.7 Å². The molecule has 2 unspecified atom stereocenters. The van der Waals surface area contributed by atoms with Crippen molar-refractivity contribution < 1.29 is 13.6 Å². The van der Waals surface area contributed by atoms with Gasteiger partial charge in [-0.2, -0.15) is 0 Å². The molecule has 72 valence electrons. The van der Waals surface area contributed by atoms with Crippen LogP contribution in [0.25, 0.3) is 0 Å². The van der Waals surface area contributed by atoms with Crippen LogP contribution < -0.4 is 0 Å². The molecule has 1 fully saturated rings. The van der Waals surface area contributed by atoms with Crippen LogP contribution in [0.3, 0.4) is 0 Å². The number of hydrogen-bond acceptors (Lipinski definition) is 3. The molecule has 0 aromatic carbocycles. The molecule has 1 saturated heterocycles. The SMILES string of the molecule is CC(C)C1O[PH](=O)OCC1(C)C. The molecule has 0 aromatic rings. The maximum absolute atomic E-state index is 11.0. The van der Waals surface area contributed by atoms with E-state index in [4.69, 9.17) is 9.05 Å². The summed E-state index contributed by atoms with van der Waals surface area (Å²) in [6, 6.07) is 0. The van der Waals surface area contributed by atoms with Crippen molar-refractivity contribution in [3.05, 3.63) is 0 Å². The van der Waals surface area contributed by atoms with Gasteiger partial charge < -0.3 is 9.05 Å². The minimum Gasteiger partial charge on any atom is -0.310 e. The van der Waals surface area contributed by atoms with E-state index < -0.39 is 8.25 Å². The van der Waals surface area contributed by atoms with Gasteiger partial charge in [0.05, 0.1) is 12.7 Å². The van der Waals surface area contributed by atoms with Crippen molar-refractivity contribution in [2.45, 2.75) is 33.8 Å². The summed E-state index contributed by atoms with van der Waals surface area (Å²) < 4.78 is 21.3. The Morgan fingerprint density at radius 3 is 2.50 bits per heavy atom.